The molecule has 2 heterocycles. The van der Waals surface area contributed by atoms with Crippen molar-refractivity contribution in [1.29, 1.82) is 0 Å². The predicted molar refractivity (Wildman–Crippen MR) is 55.3 cm³/mol. The van der Waals surface area contributed by atoms with Crippen molar-refractivity contribution in [3.8, 4) is 0 Å². The molecule has 4 heteroatoms. The topological polar surface area (TPSA) is 48.2 Å². The van der Waals surface area contributed by atoms with Gasteiger partial charge in [0.2, 0.25) is 0 Å². The van der Waals surface area contributed by atoms with E-state index in [1.807, 2.05) is 0 Å². The Morgan fingerprint density at radius 3 is 3.00 bits per heavy atom. The Morgan fingerprint density at radius 1 is 1.47 bits per heavy atom. The third-order valence-corrected chi connectivity index (χ3v) is 3.11. The maximum absolute atomic E-state index is 5.87. The van der Waals surface area contributed by atoms with Gasteiger partial charge in [0.15, 0.2) is 6.26 Å². The summed E-state index contributed by atoms with van der Waals surface area (Å²) in [5.41, 5.74) is 0.672. The molecule has 1 aromatic heterocycles. The molecule has 0 bridgehead atoms. The van der Waals surface area contributed by atoms with E-state index >= 15 is 0 Å². The quantitative estimate of drug-likeness (QED) is 0.701. The van der Waals surface area contributed by atoms with E-state index in [1.165, 1.54) is 19.3 Å². The minimum atomic E-state index is -0.199. The molecule has 1 saturated heterocycles. The van der Waals surface area contributed by atoms with Crippen LogP contribution in [0.3, 0.4) is 0 Å². The van der Waals surface area contributed by atoms with Gasteiger partial charge in [-0.3, -0.25) is 0 Å². The molecule has 4 nitrogen and oxygen atoms in total. The van der Waals surface area contributed by atoms with Crippen LogP contribution in [0.25, 0.3) is 0 Å². The average molecular weight is 210 g/mol. The van der Waals surface area contributed by atoms with Crippen LogP contribution in [0.4, 0.5) is 0 Å². The van der Waals surface area contributed by atoms with Crippen LogP contribution in [0.15, 0.2) is 10.8 Å². The number of unbranched alkanes of at least 4 members (excludes halogenated alkanes) is 2. The third kappa shape index (κ3) is 2.20. The van der Waals surface area contributed by atoms with Gasteiger partial charge < -0.3 is 9.26 Å². The first kappa shape index (κ1) is 10.6. The van der Waals surface area contributed by atoms with E-state index < -0.39 is 0 Å². The zero-order valence-electron chi connectivity index (χ0n) is 9.24. The standard InChI is InChI=1S/C11H18N2O2/c1-2-3-4-6-11(7-5-8-14-11)10-9-15-13-12-10/h9H,2-8H2,1H3. The van der Waals surface area contributed by atoms with Crippen molar-refractivity contribution < 1.29 is 9.26 Å². The van der Waals surface area contributed by atoms with Crippen molar-refractivity contribution >= 4 is 0 Å². The lowest BCUT2D eigenvalue weighted by Crippen LogP contribution is -2.25. The second-order valence-electron chi connectivity index (χ2n) is 4.19. The molecule has 1 aliphatic rings. The molecule has 0 aromatic carbocycles. The van der Waals surface area contributed by atoms with E-state index in [0.29, 0.717) is 0 Å². The summed E-state index contributed by atoms with van der Waals surface area (Å²) >= 11 is 0. The molecule has 1 aliphatic heterocycles. The third-order valence-electron chi connectivity index (χ3n) is 3.11. The highest BCUT2D eigenvalue weighted by molar-refractivity contribution is 5.07. The highest BCUT2D eigenvalue weighted by Gasteiger charge is 2.39. The predicted octanol–water partition coefficient (Wildman–Crippen LogP) is 2.66. The zero-order valence-corrected chi connectivity index (χ0v) is 9.24. The highest BCUT2D eigenvalue weighted by Crippen LogP contribution is 2.39. The lowest BCUT2D eigenvalue weighted by molar-refractivity contribution is -0.0128. The van der Waals surface area contributed by atoms with Gasteiger partial charge in [-0.1, -0.05) is 26.2 Å². The lowest BCUT2D eigenvalue weighted by atomic mass is 9.90. The Kier molecular flexibility index (Phi) is 3.36. The summed E-state index contributed by atoms with van der Waals surface area (Å²) < 4.78 is 10.7. The molecule has 0 aliphatic carbocycles. The summed E-state index contributed by atoms with van der Waals surface area (Å²) in [6.45, 7) is 3.04. The molecular formula is C11H18N2O2. The molecule has 0 saturated carbocycles. The molecule has 1 aromatic rings. The minimum absolute atomic E-state index is 0.199. The molecule has 1 fully saturated rings. The van der Waals surface area contributed by atoms with Crippen LogP contribution in [0.5, 0.6) is 0 Å². The first-order valence-electron chi connectivity index (χ1n) is 5.79. The molecule has 0 radical (unpaired) electrons. The van der Waals surface area contributed by atoms with Crippen LogP contribution in [-0.4, -0.2) is 17.0 Å². The molecule has 1 unspecified atom stereocenters. The molecule has 84 valence electrons. The number of hydrogen-bond donors (Lipinski definition) is 0. The number of hydrogen-bond acceptors (Lipinski definition) is 4. The second kappa shape index (κ2) is 4.75. The van der Waals surface area contributed by atoms with Crippen LogP contribution >= 0.6 is 0 Å². The molecule has 0 amide bonds. The van der Waals surface area contributed by atoms with Crippen LogP contribution in [0.1, 0.15) is 51.1 Å². The van der Waals surface area contributed by atoms with Gasteiger partial charge in [-0.2, -0.15) is 0 Å². The van der Waals surface area contributed by atoms with Gasteiger partial charge in [0.25, 0.3) is 0 Å². The van der Waals surface area contributed by atoms with Gasteiger partial charge >= 0.3 is 0 Å². The van der Waals surface area contributed by atoms with Crippen molar-refractivity contribution in [2.75, 3.05) is 6.61 Å². The Labute approximate surface area is 90.0 Å². The SMILES string of the molecule is CCCCCC1(c2conn2)CCCO1. The summed E-state index contributed by atoms with van der Waals surface area (Å²) in [6.07, 6.45) is 8.48. The van der Waals surface area contributed by atoms with Crippen LogP contribution in [0, 0.1) is 0 Å². The van der Waals surface area contributed by atoms with E-state index in [-0.39, 0.29) is 5.60 Å². The van der Waals surface area contributed by atoms with E-state index in [0.717, 1.165) is 31.6 Å². The Bertz CT molecular complexity index is 279. The van der Waals surface area contributed by atoms with E-state index in [4.69, 9.17) is 9.26 Å². The van der Waals surface area contributed by atoms with E-state index in [1.54, 1.807) is 6.26 Å². The van der Waals surface area contributed by atoms with E-state index in [2.05, 4.69) is 17.3 Å². The van der Waals surface area contributed by atoms with Crippen LogP contribution in [0.2, 0.25) is 0 Å². The molecule has 1 atom stereocenters. The van der Waals surface area contributed by atoms with Gasteiger partial charge in [-0.15, -0.1) is 5.10 Å². The molecule has 0 spiro atoms. The summed E-state index contributed by atoms with van der Waals surface area (Å²) in [6, 6.07) is 0. The monoisotopic (exact) mass is 210 g/mol. The van der Waals surface area contributed by atoms with Gasteiger partial charge in [0.05, 0.1) is 0 Å². The van der Waals surface area contributed by atoms with Gasteiger partial charge in [-0.05, 0) is 19.3 Å². The van der Waals surface area contributed by atoms with Crippen molar-refractivity contribution in [3.05, 3.63) is 12.0 Å². The average Bonchev–Trinajstić information content (AvgIpc) is 2.89. The highest BCUT2D eigenvalue weighted by atomic mass is 16.5. The van der Waals surface area contributed by atoms with Crippen molar-refractivity contribution in [2.24, 2.45) is 0 Å². The first-order chi connectivity index (χ1) is 7.37. The molecular weight excluding hydrogens is 192 g/mol. The molecule has 2 rings (SSSR count). The van der Waals surface area contributed by atoms with Crippen molar-refractivity contribution in [3.63, 3.8) is 0 Å². The van der Waals surface area contributed by atoms with Crippen molar-refractivity contribution in [1.82, 2.24) is 10.4 Å². The fraction of sp³-hybridized carbons (Fsp3) is 0.818. The maximum Gasteiger partial charge on any atom is 0.150 e. The summed E-state index contributed by atoms with van der Waals surface area (Å²) in [4.78, 5) is 0. The maximum atomic E-state index is 5.87. The Morgan fingerprint density at radius 2 is 2.40 bits per heavy atom. The number of nitrogens with zero attached hydrogens (tertiary/aromatic N) is 2. The van der Waals surface area contributed by atoms with Crippen molar-refractivity contribution in [2.45, 2.75) is 51.0 Å². The first-order valence-corrected chi connectivity index (χ1v) is 5.79. The number of rotatable bonds is 5. The van der Waals surface area contributed by atoms with Crippen LogP contribution in [-0.2, 0) is 10.3 Å². The lowest BCUT2D eigenvalue weighted by Gasteiger charge is -2.25. The Balaban J connectivity index is 2.04. The molecule has 15 heavy (non-hydrogen) atoms. The molecule has 0 N–H and O–H groups in total. The summed E-state index contributed by atoms with van der Waals surface area (Å²) in [7, 11) is 0. The van der Waals surface area contributed by atoms with Crippen LogP contribution < -0.4 is 0 Å². The number of aromatic nitrogens is 2. The largest absolute Gasteiger partial charge is 0.368 e. The fourth-order valence-electron chi connectivity index (χ4n) is 2.25. The fourth-order valence-corrected chi connectivity index (χ4v) is 2.25. The smallest absolute Gasteiger partial charge is 0.150 e. The zero-order chi connectivity index (χ0) is 10.6. The van der Waals surface area contributed by atoms with Gasteiger partial charge in [0.1, 0.15) is 11.3 Å². The van der Waals surface area contributed by atoms with Gasteiger partial charge in [0, 0.05) is 11.9 Å². The Hall–Kier alpha value is -0.900. The van der Waals surface area contributed by atoms with E-state index in [9.17, 15) is 0 Å². The summed E-state index contributed by atoms with van der Waals surface area (Å²) in [5, 5.41) is 7.54. The minimum Gasteiger partial charge on any atom is -0.368 e. The summed E-state index contributed by atoms with van der Waals surface area (Å²) in [5.74, 6) is 0. The normalized spacial score (nSPS) is 25.9. The number of ether oxygens (including phenoxy) is 1. The second-order valence-corrected chi connectivity index (χ2v) is 4.19. The van der Waals surface area contributed by atoms with Gasteiger partial charge in [-0.25, -0.2) is 0 Å².